The number of hydrogen-bond donors (Lipinski definition) is 2. The van der Waals surface area contributed by atoms with Crippen molar-refractivity contribution in [1.29, 1.82) is 10.7 Å². The van der Waals surface area contributed by atoms with E-state index >= 15 is 0 Å². The van der Waals surface area contributed by atoms with E-state index in [2.05, 4.69) is 4.98 Å². The molecule has 0 fully saturated rings. The van der Waals surface area contributed by atoms with Crippen molar-refractivity contribution in [3.63, 3.8) is 0 Å². The maximum Gasteiger partial charge on any atom is 0.102 e. The van der Waals surface area contributed by atoms with Crippen LogP contribution in [0.5, 0.6) is 0 Å². The molecule has 60 valence electrons. The van der Waals surface area contributed by atoms with E-state index in [0.29, 0.717) is 5.69 Å². The predicted octanol–water partition coefficient (Wildman–Crippen LogP) is 2.14. The normalized spacial score (nSPS) is 11.7. The summed E-state index contributed by atoms with van der Waals surface area (Å²) in [7, 11) is 0. The van der Waals surface area contributed by atoms with E-state index in [4.69, 9.17) is 22.3 Å². The second-order valence-electron chi connectivity index (χ2n) is 2.07. The number of H-pyrrole nitrogens is 1. The van der Waals surface area contributed by atoms with Gasteiger partial charge >= 0.3 is 0 Å². The minimum atomic E-state index is 0.152. The van der Waals surface area contributed by atoms with Crippen LogP contribution in [0.1, 0.15) is 5.69 Å². The number of aromatic nitrogens is 1. The van der Waals surface area contributed by atoms with Crippen LogP contribution in [-0.4, -0.2) is 11.2 Å². The lowest BCUT2D eigenvalue weighted by molar-refractivity contribution is 1.36. The molecule has 0 atom stereocenters. The van der Waals surface area contributed by atoms with Gasteiger partial charge in [-0.3, -0.25) is 0 Å². The second kappa shape index (κ2) is 3.74. The number of hydrogen-bond acceptors (Lipinski definition) is 2. The average molecular weight is 180 g/mol. The number of allylic oxidation sites excluding steroid dienone is 1. The van der Waals surface area contributed by atoms with Crippen LogP contribution in [-0.2, 0) is 0 Å². The quantitative estimate of drug-likeness (QED) is 0.530. The van der Waals surface area contributed by atoms with Crippen LogP contribution >= 0.6 is 11.6 Å². The highest BCUT2D eigenvalue weighted by Crippen LogP contribution is 2.19. The lowest BCUT2D eigenvalue weighted by Crippen LogP contribution is -1.84. The number of nitrogens with one attached hydrogen (secondary N) is 2. The van der Waals surface area contributed by atoms with Gasteiger partial charge in [-0.2, -0.15) is 5.26 Å². The fraction of sp³-hybridized carbons (Fsp3) is 0. The zero-order valence-electron chi connectivity index (χ0n) is 6.13. The molecule has 0 aliphatic rings. The summed E-state index contributed by atoms with van der Waals surface area (Å²) in [5.74, 6) is 0. The topological polar surface area (TPSA) is 63.4 Å². The summed E-state index contributed by atoms with van der Waals surface area (Å²) in [4.78, 5) is 2.84. The number of nitriles is 1. The van der Waals surface area contributed by atoms with Crippen molar-refractivity contribution < 1.29 is 0 Å². The van der Waals surface area contributed by atoms with Gasteiger partial charge < -0.3 is 10.4 Å². The van der Waals surface area contributed by atoms with Gasteiger partial charge in [0.25, 0.3) is 0 Å². The van der Waals surface area contributed by atoms with Gasteiger partial charge in [-0.1, -0.05) is 11.6 Å². The Bertz CT molecular complexity index is 343. The third kappa shape index (κ3) is 1.55. The van der Waals surface area contributed by atoms with Gasteiger partial charge in [-0.05, 0) is 12.1 Å². The molecule has 1 heterocycles. The molecule has 2 N–H and O–H groups in total. The monoisotopic (exact) mass is 179 g/mol. The number of halogens is 1. The Morgan fingerprint density at radius 3 is 2.92 bits per heavy atom. The van der Waals surface area contributed by atoms with Crippen LogP contribution in [0, 0.1) is 16.7 Å². The van der Waals surface area contributed by atoms with Crippen LogP contribution in [0.15, 0.2) is 23.9 Å². The van der Waals surface area contributed by atoms with Crippen LogP contribution in [0.3, 0.4) is 0 Å². The van der Waals surface area contributed by atoms with Gasteiger partial charge in [0.15, 0.2) is 0 Å². The summed E-state index contributed by atoms with van der Waals surface area (Å²) in [6.45, 7) is 0. The Balaban J connectivity index is 3.13. The molecule has 1 aromatic heterocycles. The van der Waals surface area contributed by atoms with Crippen molar-refractivity contribution in [1.82, 2.24) is 4.98 Å². The van der Waals surface area contributed by atoms with E-state index < -0.39 is 0 Å². The Hall–Kier alpha value is -1.53. The number of nitrogens with zero attached hydrogens (tertiary/aromatic N) is 1. The minimum absolute atomic E-state index is 0.152. The first-order chi connectivity index (χ1) is 5.79. The third-order valence-corrected chi connectivity index (χ3v) is 1.74. The molecular weight excluding hydrogens is 174 g/mol. The van der Waals surface area contributed by atoms with Crippen molar-refractivity contribution in [2.75, 3.05) is 0 Å². The highest BCUT2D eigenvalue weighted by Gasteiger charge is 2.03. The fourth-order valence-corrected chi connectivity index (χ4v) is 0.971. The first kappa shape index (κ1) is 8.57. The molecule has 0 unspecified atom stereocenters. The van der Waals surface area contributed by atoms with E-state index in [9.17, 15) is 0 Å². The molecule has 0 saturated heterocycles. The first-order valence-electron chi connectivity index (χ1n) is 3.23. The molecule has 0 aromatic carbocycles. The Morgan fingerprint density at radius 2 is 2.50 bits per heavy atom. The van der Waals surface area contributed by atoms with Gasteiger partial charge in [0, 0.05) is 12.4 Å². The summed E-state index contributed by atoms with van der Waals surface area (Å²) in [6.07, 6.45) is 2.64. The Labute approximate surface area is 74.8 Å². The summed E-state index contributed by atoms with van der Waals surface area (Å²) in [6, 6.07) is 5.34. The Kier molecular flexibility index (Phi) is 2.67. The SMILES string of the molecule is N#C/C(C=N)=C(\Cl)c1ccc[nH]1. The van der Waals surface area contributed by atoms with Gasteiger partial charge in [0.2, 0.25) is 0 Å². The van der Waals surface area contributed by atoms with E-state index in [1.54, 1.807) is 18.3 Å². The van der Waals surface area contributed by atoms with E-state index in [1.165, 1.54) is 0 Å². The van der Waals surface area contributed by atoms with Crippen molar-refractivity contribution in [2.45, 2.75) is 0 Å². The largest absolute Gasteiger partial charge is 0.360 e. The van der Waals surface area contributed by atoms with Crippen molar-refractivity contribution in [2.24, 2.45) is 0 Å². The summed E-state index contributed by atoms with van der Waals surface area (Å²) >= 11 is 5.79. The highest BCUT2D eigenvalue weighted by molar-refractivity contribution is 6.50. The van der Waals surface area contributed by atoms with E-state index in [1.807, 2.05) is 6.07 Å². The molecule has 1 rings (SSSR count). The highest BCUT2D eigenvalue weighted by atomic mass is 35.5. The summed E-state index contributed by atoms with van der Waals surface area (Å²) in [5.41, 5.74) is 0.802. The molecular formula is C8H6ClN3. The molecule has 0 spiro atoms. The molecule has 0 radical (unpaired) electrons. The predicted molar refractivity (Wildman–Crippen MR) is 48.0 cm³/mol. The maximum absolute atomic E-state index is 8.54. The number of aromatic amines is 1. The first-order valence-corrected chi connectivity index (χ1v) is 3.61. The zero-order chi connectivity index (χ0) is 8.97. The van der Waals surface area contributed by atoms with Crippen LogP contribution < -0.4 is 0 Å². The molecule has 0 amide bonds. The second-order valence-corrected chi connectivity index (χ2v) is 2.45. The van der Waals surface area contributed by atoms with Crippen LogP contribution in [0.2, 0.25) is 0 Å². The lowest BCUT2D eigenvalue weighted by Gasteiger charge is -1.94. The van der Waals surface area contributed by atoms with Crippen LogP contribution in [0.25, 0.3) is 5.03 Å². The molecule has 0 bridgehead atoms. The average Bonchev–Trinajstić information content (AvgIpc) is 2.58. The lowest BCUT2D eigenvalue weighted by atomic mass is 10.2. The van der Waals surface area contributed by atoms with Crippen molar-refractivity contribution >= 4 is 22.8 Å². The minimum Gasteiger partial charge on any atom is -0.360 e. The third-order valence-electron chi connectivity index (χ3n) is 1.34. The van der Waals surface area contributed by atoms with Gasteiger partial charge in [-0.25, -0.2) is 0 Å². The van der Waals surface area contributed by atoms with Crippen LogP contribution in [0.4, 0.5) is 0 Å². The van der Waals surface area contributed by atoms with E-state index in [-0.39, 0.29) is 10.6 Å². The standard InChI is InChI=1S/C8H6ClN3/c9-8(6(4-10)5-11)7-2-1-3-12-7/h1-4,10,12H/b8-6-,10-4?. The fourth-order valence-electron chi connectivity index (χ4n) is 0.757. The molecule has 1 aromatic rings. The molecule has 4 heteroatoms. The molecule has 3 nitrogen and oxygen atoms in total. The van der Waals surface area contributed by atoms with Gasteiger partial charge in [-0.15, -0.1) is 0 Å². The smallest absolute Gasteiger partial charge is 0.102 e. The van der Waals surface area contributed by atoms with Gasteiger partial charge in [0.05, 0.1) is 16.3 Å². The summed E-state index contributed by atoms with van der Waals surface area (Å²) < 4.78 is 0. The number of rotatable bonds is 2. The molecule has 12 heavy (non-hydrogen) atoms. The molecule has 0 aliphatic heterocycles. The molecule has 0 saturated carbocycles. The maximum atomic E-state index is 8.54. The molecule has 0 aliphatic carbocycles. The van der Waals surface area contributed by atoms with Crippen molar-refractivity contribution in [3.8, 4) is 6.07 Å². The van der Waals surface area contributed by atoms with Crippen molar-refractivity contribution in [3.05, 3.63) is 29.6 Å². The van der Waals surface area contributed by atoms with Gasteiger partial charge in [0.1, 0.15) is 6.07 Å². The Morgan fingerprint density at radius 1 is 1.75 bits per heavy atom. The summed E-state index contributed by atoms with van der Waals surface area (Å²) in [5, 5.41) is 15.7. The zero-order valence-corrected chi connectivity index (χ0v) is 6.89. The van der Waals surface area contributed by atoms with E-state index in [0.717, 1.165) is 6.21 Å².